The normalized spacial score (nSPS) is 26.4. The Morgan fingerprint density at radius 1 is 1.02 bits per heavy atom. The Balaban J connectivity index is 1.45. The second-order valence-corrected chi connectivity index (χ2v) is 12.5. The van der Waals surface area contributed by atoms with Crippen LogP contribution in [0.5, 0.6) is 5.75 Å². The van der Waals surface area contributed by atoms with Gasteiger partial charge in [-0.05, 0) is 76.0 Å². The van der Waals surface area contributed by atoms with Crippen molar-refractivity contribution in [2.24, 2.45) is 17.8 Å². The maximum Gasteiger partial charge on any atom is 0.224 e. The monoisotopic (exact) mass is 570 g/mol. The second kappa shape index (κ2) is 13.9. The molecule has 1 heterocycles. The molecular weight excluding hydrogens is 524 g/mol. The van der Waals surface area contributed by atoms with Crippen molar-refractivity contribution in [3.8, 4) is 5.75 Å². The van der Waals surface area contributed by atoms with E-state index >= 15 is 0 Å². The van der Waals surface area contributed by atoms with Gasteiger partial charge in [-0.2, -0.15) is 0 Å². The Labute approximate surface area is 243 Å². The van der Waals surface area contributed by atoms with Gasteiger partial charge in [-0.25, -0.2) is 0 Å². The number of carbonyl (C=O) groups excluding carboxylic acids is 4. The van der Waals surface area contributed by atoms with E-state index in [-0.39, 0.29) is 41.8 Å². The van der Waals surface area contributed by atoms with Crippen LogP contribution in [0.1, 0.15) is 83.6 Å². The zero-order valence-corrected chi connectivity index (χ0v) is 24.7. The van der Waals surface area contributed by atoms with E-state index in [1.54, 1.807) is 21.0 Å². The molecule has 0 bridgehead atoms. The fourth-order valence-corrected chi connectivity index (χ4v) is 6.19. The van der Waals surface area contributed by atoms with Crippen molar-refractivity contribution < 1.29 is 33.8 Å². The fraction of sp³-hybridized carbons (Fsp3) is 0.688. The molecule has 0 aromatic heterocycles. The number of methoxy groups -OCH3 is 1. The quantitative estimate of drug-likeness (QED) is 0.292. The number of hydrogen-bond donors (Lipinski definition) is 3. The molecule has 1 aromatic rings. The summed E-state index contributed by atoms with van der Waals surface area (Å²) in [5, 5.41) is 15.6. The van der Waals surface area contributed by atoms with Gasteiger partial charge in [0.25, 0.3) is 0 Å². The minimum absolute atomic E-state index is 0.0687. The first kappa shape index (κ1) is 31.2. The number of benzene rings is 1. The number of rotatable bonds is 14. The standard InChI is InChI=1S/C32H46N2O7/c1-20(33-30(38)23-10-12-25(35)13-11-23)28(36)18-24(16-22-8-14-26(40-3)15-9-22)31(39)34-27(17-21-6-4-5-7-21)29(37)32(2)19-41-32/h8-9,14-15,20-21,23-25,27,35H,4-7,10-13,16-19H2,1-3H3,(H,33,38)(H,34,39)/t20-,23?,24-,25?,27+,32-/m1/s1. The summed E-state index contributed by atoms with van der Waals surface area (Å²) >= 11 is 0. The summed E-state index contributed by atoms with van der Waals surface area (Å²) in [5.74, 6) is -0.734. The molecule has 4 atom stereocenters. The van der Waals surface area contributed by atoms with Gasteiger partial charge < -0.3 is 25.2 Å². The molecule has 1 aliphatic heterocycles. The highest BCUT2D eigenvalue weighted by atomic mass is 16.6. The molecule has 4 rings (SSSR count). The van der Waals surface area contributed by atoms with E-state index in [1.165, 1.54) is 0 Å². The van der Waals surface area contributed by atoms with Crippen LogP contribution >= 0.6 is 0 Å². The lowest BCUT2D eigenvalue weighted by Gasteiger charge is -2.27. The lowest BCUT2D eigenvalue weighted by molar-refractivity contribution is -0.135. The number of carbonyl (C=O) groups is 4. The Morgan fingerprint density at radius 3 is 2.24 bits per heavy atom. The van der Waals surface area contributed by atoms with Crippen LogP contribution in [0.2, 0.25) is 0 Å². The molecule has 1 aromatic carbocycles. The maximum absolute atomic E-state index is 13.8. The summed E-state index contributed by atoms with van der Waals surface area (Å²) in [6, 6.07) is 5.95. The fourth-order valence-electron chi connectivity index (χ4n) is 6.19. The number of epoxide rings is 1. The molecule has 3 fully saturated rings. The van der Waals surface area contributed by atoms with E-state index in [0.717, 1.165) is 31.2 Å². The molecule has 9 heteroatoms. The van der Waals surface area contributed by atoms with Gasteiger partial charge in [0, 0.05) is 18.3 Å². The third kappa shape index (κ3) is 8.61. The lowest BCUT2D eigenvalue weighted by atomic mass is 9.86. The van der Waals surface area contributed by atoms with E-state index in [1.807, 2.05) is 24.3 Å². The Kier molecular flexibility index (Phi) is 10.6. The van der Waals surface area contributed by atoms with Crippen molar-refractivity contribution in [1.82, 2.24) is 10.6 Å². The van der Waals surface area contributed by atoms with Crippen molar-refractivity contribution >= 4 is 23.4 Å². The van der Waals surface area contributed by atoms with Crippen LogP contribution in [0.15, 0.2) is 24.3 Å². The van der Waals surface area contributed by atoms with Crippen molar-refractivity contribution in [3.63, 3.8) is 0 Å². The smallest absolute Gasteiger partial charge is 0.224 e. The molecule has 0 spiro atoms. The SMILES string of the molecule is COc1ccc(C[C@H](CC(=O)[C@@H](C)NC(=O)C2CCC(O)CC2)C(=O)N[C@@H](CC2CCCC2)C(=O)[C@@]2(C)CO2)cc1. The molecule has 226 valence electrons. The first-order valence-corrected chi connectivity index (χ1v) is 15.2. The van der Waals surface area contributed by atoms with Crippen LogP contribution in [0, 0.1) is 17.8 Å². The molecule has 2 saturated carbocycles. The van der Waals surface area contributed by atoms with Crippen LogP contribution in [0.3, 0.4) is 0 Å². The molecule has 0 radical (unpaired) electrons. The number of amides is 2. The van der Waals surface area contributed by atoms with Gasteiger partial charge in [-0.3, -0.25) is 19.2 Å². The van der Waals surface area contributed by atoms with E-state index in [0.29, 0.717) is 56.8 Å². The van der Waals surface area contributed by atoms with Crippen molar-refractivity contribution in [2.45, 2.75) is 108 Å². The molecule has 2 amide bonds. The number of Topliss-reactive ketones (excluding diaryl/α,β-unsaturated/α-hetero) is 2. The zero-order valence-electron chi connectivity index (χ0n) is 24.7. The van der Waals surface area contributed by atoms with Gasteiger partial charge in [-0.15, -0.1) is 0 Å². The van der Waals surface area contributed by atoms with Gasteiger partial charge in [0.2, 0.25) is 11.8 Å². The Morgan fingerprint density at radius 2 is 1.66 bits per heavy atom. The number of aliphatic hydroxyl groups excluding tert-OH is 1. The van der Waals surface area contributed by atoms with Crippen LogP contribution in [0.25, 0.3) is 0 Å². The summed E-state index contributed by atoms with van der Waals surface area (Å²) in [6.07, 6.45) is 7.14. The summed E-state index contributed by atoms with van der Waals surface area (Å²) in [7, 11) is 1.58. The van der Waals surface area contributed by atoms with Crippen molar-refractivity contribution in [2.75, 3.05) is 13.7 Å². The molecule has 9 nitrogen and oxygen atoms in total. The summed E-state index contributed by atoms with van der Waals surface area (Å²) < 4.78 is 10.7. The minimum atomic E-state index is -0.855. The number of aliphatic hydroxyl groups is 1. The third-order valence-electron chi connectivity index (χ3n) is 9.14. The number of ether oxygens (including phenoxy) is 2. The number of nitrogens with one attached hydrogen (secondary N) is 2. The molecule has 3 N–H and O–H groups in total. The van der Waals surface area contributed by atoms with Crippen LogP contribution in [-0.2, 0) is 30.3 Å². The maximum atomic E-state index is 13.8. The van der Waals surface area contributed by atoms with E-state index in [9.17, 15) is 24.3 Å². The largest absolute Gasteiger partial charge is 0.497 e. The predicted molar refractivity (Wildman–Crippen MR) is 153 cm³/mol. The van der Waals surface area contributed by atoms with Crippen LogP contribution < -0.4 is 15.4 Å². The van der Waals surface area contributed by atoms with Gasteiger partial charge >= 0.3 is 0 Å². The lowest BCUT2D eigenvalue weighted by Crippen LogP contribution is -2.50. The molecular formula is C32H46N2O7. The molecule has 1 saturated heterocycles. The van der Waals surface area contributed by atoms with Crippen LogP contribution in [-0.4, -0.2) is 66.0 Å². The highest BCUT2D eigenvalue weighted by Crippen LogP contribution is 2.34. The van der Waals surface area contributed by atoms with Crippen molar-refractivity contribution in [1.29, 1.82) is 0 Å². The topological polar surface area (TPSA) is 134 Å². The van der Waals surface area contributed by atoms with Gasteiger partial charge in [0.1, 0.15) is 11.4 Å². The predicted octanol–water partition coefficient (Wildman–Crippen LogP) is 3.29. The molecule has 2 aliphatic carbocycles. The van der Waals surface area contributed by atoms with E-state index in [4.69, 9.17) is 9.47 Å². The summed E-state index contributed by atoms with van der Waals surface area (Å²) in [5.41, 5.74) is 0.0126. The van der Waals surface area contributed by atoms with Gasteiger partial charge in [-0.1, -0.05) is 37.8 Å². The third-order valence-corrected chi connectivity index (χ3v) is 9.14. The zero-order chi connectivity index (χ0) is 29.6. The van der Waals surface area contributed by atoms with E-state index in [2.05, 4.69) is 10.6 Å². The van der Waals surface area contributed by atoms with Crippen molar-refractivity contribution in [3.05, 3.63) is 29.8 Å². The number of hydrogen-bond acceptors (Lipinski definition) is 7. The first-order valence-electron chi connectivity index (χ1n) is 15.2. The Hall–Kier alpha value is -2.78. The van der Waals surface area contributed by atoms with E-state index < -0.39 is 23.6 Å². The average Bonchev–Trinajstić information content (AvgIpc) is 3.50. The molecule has 3 aliphatic rings. The van der Waals surface area contributed by atoms with Crippen LogP contribution in [0.4, 0.5) is 0 Å². The Bertz CT molecular complexity index is 1070. The second-order valence-electron chi connectivity index (χ2n) is 12.5. The van der Waals surface area contributed by atoms with Gasteiger partial charge in [0.15, 0.2) is 11.6 Å². The summed E-state index contributed by atoms with van der Waals surface area (Å²) in [4.78, 5) is 53.2. The number of ketones is 2. The molecule has 41 heavy (non-hydrogen) atoms. The highest BCUT2D eigenvalue weighted by Gasteiger charge is 2.50. The first-order chi connectivity index (χ1) is 19.6. The highest BCUT2D eigenvalue weighted by molar-refractivity contribution is 5.98. The average molecular weight is 571 g/mol. The van der Waals surface area contributed by atoms with Gasteiger partial charge in [0.05, 0.1) is 31.9 Å². The minimum Gasteiger partial charge on any atom is -0.497 e. The summed E-state index contributed by atoms with van der Waals surface area (Å²) in [6.45, 7) is 3.77. The molecule has 0 unspecified atom stereocenters.